The summed E-state index contributed by atoms with van der Waals surface area (Å²) in [4.78, 5) is 6.90. The SMILES string of the molecule is NC1=NCC(c2ccc(Br)c(Br)c2)N1C1CCCCCC1. The summed E-state index contributed by atoms with van der Waals surface area (Å²) in [5.41, 5.74) is 7.50. The van der Waals surface area contributed by atoms with Crippen molar-refractivity contribution in [2.45, 2.75) is 50.6 Å². The standard InChI is InChI=1S/C16H21Br2N3/c17-13-8-7-11(9-14(13)18)15-10-20-16(19)21(15)12-5-3-1-2-4-6-12/h7-9,12,15H,1-6,10H2,(H2,19,20). The predicted molar refractivity (Wildman–Crippen MR) is 94.4 cm³/mol. The highest BCUT2D eigenvalue weighted by molar-refractivity contribution is 9.13. The Morgan fingerprint density at radius 3 is 2.43 bits per heavy atom. The van der Waals surface area contributed by atoms with E-state index in [0.717, 1.165) is 21.4 Å². The van der Waals surface area contributed by atoms with Crippen LogP contribution < -0.4 is 5.73 Å². The molecule has 2 N–H and O–H groups in total. The van der Waals surface area contributed by atoms with E-state index >= 15 is 0 Å². The molecule has 114 valence electrons. The minimum atomic E-state index is 0.289. The molecule has 0 bridgehead atoms. The van der Waals surface area contributed by atoms with Crippen molar-refractivity contribution in [1.82, 2.24) is 4.90 Å². The van der Waals surface area contributed by atoms with Gasteiger partial charge in [0.2, 0.25) is 0 Å². The molecule has 1 unspecified atom stereocenters. The fraction of sp³-hybridized carbons (Fsp3) is 0.562. The first kappa shape index (κ1) is 15.3. The average molecular weight is 415 g/mol. The average Bonchev–Trinajstić information content (AvgIpc) is 2.69. The fourth-order valence-electron chi connectivity index (χ4n) is 3.47. The van der Waals surface area contributed by atoms with Crippen molar-refractivity contribution < 1.29 is 0 Å². The van der Waals surface area contributed by atoms with Gasteiger partial charge in [-0.2, -0.15) is 0 Å². The molecule has 1 atom stereocenters. The normalized spacial score (nSPS) is 24.0. The zero-order chi connectivity index (χ0) is 14.8. The summed E-state index contributed by atoms with van der Waals surface area (Å²) in [6.07, 6.45) is 7.82. The summed E-state index contributed by atoms with van der Waals surface area (Å²) < 4.78 is 2.17. The van der Waals surface area contributed by atoms with Crippen LogP contribution in [0.1, 0.15) is 50.1 Å². The van der Waals surface area contributed by atoms with E-state index in [1.165, 1.54) is 44.1 Å². The second-order valence-corrected chi connectivity index (χ2v) is 7.65. The Balaban J connectivity index is 1.85. The Labute approximate surface area is 143 Å². The molecule has 0 amide bonds. The van der Waals surface area contributed by atoms with Crippen LogP contribution in [-0.2, 0) is 0 Å². The predicted octanol–water partition coefficient (Wildman–Crippen LogP) is 4.61. The Hall–Kier alpha value is -0.550. The number of halogens is 2. The largest absolute Gasteiger partial charge is 0.370 e. The third kappa shape index (κ3) is 3.29. The smallest absolute Gasteiger partial charge is 0.192 e. The van der Waals surface area contributed by atoms with Gasteiger partial charge in [-0.05, 0) is 62.4 Å². The second-order valence-electron chi connectivity index (χ2n) is 5.94. The topological polar surface area (TPSA) is 41.6 Å². The molecule has 1 saturated carbocycles. The Morgan fingerprint density at radius 1 is 1.05 bits per heavy atom. The van der Waals surface area contributed by atoms with Crippen LogP contribution in [0.5, 0.6) is 0 Å². The molecule has 1 aromatic carbocycles. The molecule has 21 heavy (non-hydrogen) atoms. The number of guanidine groups is 1. The van der Waals surface area contributed by atoms with Gasteiger partial charge in [0.25, 0.3) is 0 Å². The maximum Gasteiger partial charge on any atom is 0.192 e. The van der Waals surface area contributed by atoms with E-state index in [4.69, 9.17) is 5.73 Å². The monoisotopic (exact) mass is 413 g/mol. The summed E-state index contributed by atoms with van der Waals surface area (Å²) in [7, 11) is 0. The lowest BCUT2D eigenvalue weighted by Crippen LogP contribution is -2.43. The van der Waals surface area contributed by atoms with Crippen molar-refractivity contribution in [2.24, 2.45) is 10.7 Å². The Morgan fingerprint density at radius 2 is 1.76 bits per heavy atom. The van der Waals surface area contributed by atoms with Crippen LogP contribution in [-0.4, -0.2) is 23.4 Å². The van der Waals surface area contributed by atoms with E-state index in [1.54, 1.807) is 0 Å². The molecule has 0 saturated heterocycles. The maximum absolute atomic E-state index is 6.21. The first-order valence-electron chi connectivity index (χ1n) is 7.70. The third-order valence-electron chi connectivity index (χ3n) is 4.57. The van der Waals surface area contributed by atoms with Crippen molar-refractivity contribution in [2.75, 3.05) is 6.54 Å². The van der Waals surface area contributed by atoms with Crippen LogP contribution in [0.15, 0.2) is 32.1 Å². The fourth-order valence-corrected chi connectivity index (χ4v) is 4.12. The second kappa shape index (κ2) is 6.69. The van der Waals surface area contributed by atoms with Gasteiger partial charge in [-0.1, -0.05) is 31.7 Å². The van der Waals surface area contributed by atoms with Crippen molar-refractivity contribution in [3.05, 3.63) is 32.7 Å². The lowest BCUT2D eigenvalue weighted by Gasteiger charge is -2.34. The van der Waals surface area contributed by atoms with E-state index in [0.29, 0.717) is 6.04 Å². The van der Waals surface area contributed by atoms with Crippen LogP contribution >= 0.6 is 31.9 Å². The summed E-state index contributed by atoms with van der Waals surface area (Å²) >= 11 is 7.14. The molecule has 1 aromatic rings. The van der Waals surface area contributed by atoms with Gasteiger partial charge in [-0.15, -0.1) is 0 Å². The number of rotatable bonds is 2. The van der Waals surface area contributed by atoms with Gasteiger partial charge in [-0.25, -0.2) is 0 Å². The van der Waals surface area contributed by atoms with Crippen LogP contribution in [0.3, 0.4) is 0 Å². The number of hydrogen-bond donors (Lipinski definition) is 1. The minimum absolute atomic E-state index is 0.289. The van der Waals surface area contributed by atoms with Crippen molar-refractivity contribution >= 4 is 37.8 Å². The van der Waals surface area contributed by atoms with Gasteiger partial charge < -0.3 is 10.6 Å². The number of nitrogens with zero attached hydrogens (tertiary/aromatic N) is 2. The molecule has 1 heterocycles. The van der Waals surface area contributed by atoms with Gasteiger partial charge in [-0.3, -0.25) is 4.99 Å². The van der Waals surface area contributed by atoms with E-state index in [-0.39, 0.29) is 6.04 Å². The Kier molecular flexibility index (Phi) is 4.89. The van der Waals surface area contributed by atoms with Crippen molar-refractivity contribution in [3.8, 4) is 0 Å². The number of aliphatic imine (C=N–C) groups is 1. The van der Waals surface area contributed by atoms with Crippen LogP contribution in [0.25, 0.3) is 0 Å². The molecule has 0 aromatic heterocycles. The molecule has 3 rings (SSSR count). The molecule has 1 aliphatic carbocycles. The summed E-state index contributed by atoms with van der Waals surface area (Å²) in [5, 5.41) is 0. The molecule has 5 heteroatoms. The number of nitrogens with two attached hydrogens (primary N) is 1. The van der Waals surface area contributed by atoms with Gasteiger partial charge in [0, 0.05) is 15.0 Å². The van der Waals surface area contributed by atoms with Crippen molar-refractivity contribution in [1.29, 1.82) is 0 Å². The Bertz CT molecular complexity index is 536. The van der Waals surface area contributed by atoms with E-state index in [1.807, 2.05) is 0 Å². The van der Waals surface area contributed by atoms with Crippen LogP contribution in [0.2, 0.25) is 0 Å². The van der Waals surface area contributed by atoms with E-state index < -0.39 is 0 Å². The highest BCUT2D eigenvalue weighted by Crippen LogP contribution is 2.35. The highest BCUT2D eigenvalue weighted by Gasteiger charge is 2.33. The first-order valence-corrected chi connectivity index (χ1v) is 9.28. The van der Waals surface area contributed by atoms with Crippen molar-refractivity contribution in [3.63, 3.8) is 0 Å². The van der Waals surface area contributed by atoms with Gasteiger partial charge >= 0.3 is 0 Å². The third-order valence-corrected chi connectivity index (χ3v) is 6.45. The number of hydrogen-bond acceptors (Lipinski definition) is 3. The molecular formula is C16H21Br2N3. The molecule has 0 radical (unpaired) electrons. The summed E-state index contributed by atoms with van der Waals surface area (Å²) in [6, 6.07) is 7.30. The molecule has 3 nitrogen and oxygen atoms in total. The van der Waals surface area contributed by atoms with Gasteiger partial charge in [0.1, 0.15) is 0 Å². The van der Waals surface area contributed by atoms with Gasteiger partial charge in [0.05, 0.1) is 12.6 Å². The zero-order valence-corrected chi connectivity index (χ0v) is 15.2. The van der Waals surface area contributed by atoms with E-state index in [9.17, 15) is 0 Å². The molecule has 2 aliphatic rings. The molecular weight excluding hydrogens is 394 g/mol. The molecule has 1 aliphatic heterocycles. The molecule has 0 spiro atoms. The summed E-state index contributed by atoms with van der Waals surface area (Å²) in [6.45, 7) is 0.774. The van der Waals surface area contributed by atoms with E-state index in [2.05, 4.69) is 60.0 Å². The maximum atomic E-state index is 6.21. The first-order chi connectivity index (χ1) is 10.2. The molecule has 1 fully saturated rings. The van der Waals surface area contributed by atoms with Crippen LogP contribution in [0.4, 0.5) is 0 Å². The van der Waals surface area contributed by atoms with Gasteiger partial charge in [0.15, 0.2) is 5.96 Å². The lowest BCUT2D eigenvalue weighted by molar-refractivity contribution is 0.237. The number of benzene rings is 1. The lowest BCUT2D eigenvalue weighted by atomic mass is 10.0. The zero-order valence-electron chi connectivity index (χ0n) is 12.1. The minimum Gasteiger partial charge on any atom is -0.370 e. The summed E-state index contributed by atoms with van der Waals surface area (Å²) in [5.74, 6) is 0.728. The highest BCUT2D eigenvalue weighted by atomic mass is 79.9. The van der Waals surface area contributed by atoms with Crippen LogP contribution in [0, 0.1) is 0 Å². The quantitative estimate of drug-likeness (QED) is 0.718.